The van der Waals surface area contributed by atoms with Gasteiger partial charge in [-0.1, -0.05) is 12.1 Å². The third kappa shape index (κ3) is 7.51. The summed E-state index contributed by atoms with van der Waals surface area (Å²) in [5, 5.41) is 3.25. The monoisotopic (exact) mass is 279 g/mol. The summed E-state index contributed by atoms with van der Waals surface area (Å²) in [6.07, 6.45) is 2.24. The molecule has 3 nitrogen and oxygen atoms in total. The van der Waals surface area contributed by atoms with Gasteiger partial charge in [0.2, 0.25) is 0 Å². The molecular formula is C17H29NO2. The lowest BCUT2D eigenvalue weighted by molar-refractivity contribution is -0.0163. The third-order valence-electron chi connectivity index (χ3n) is 3.17. The Bertz CT molecular complexity index is 368. The molecule has 0 aliphatic heterocycles. The molecule has 0 amide bonds. The van der Waals surface area contributed by atoms with Crippen molar-refractivity contribution in [2.75, 3.05) is 20.3 Å². The Hall–Kier alpha value is -1.06. The molecule has 20 heavy (non-hydrogen) atoms. The molecule has 0 spiro atoms. The van der Waals surface area contributed by atoms with Crippen LogP contribution in [0, 0.1) is 0 Å². The van der Waals surface area contributed by atoms with Crippen molar-refractivity contribution < 1.29 is 9.47 Å². The molecule has 0 aliphatic carbocycles. The van der Waals surface area contributed by atoms with Gasteiger partial charge in [0, 0.05) is 6.04 Å². The topological polar surface area (TPSA) is 30.5 Å². The van der Waals surface area contributed by atoms with Crippen LogP contribution >= 0.6 is 0 Å². The van der Waals surface area contributed by atoms with Crippen LogP contribution in [0.2, 0.25) is 0 Å². The summed E-state index contributed by atoms with van der Waals surface area (Å²) in [5.41, 5.74) is 1.25. The largest absolute Gasteiger partial charge is 0.491 e. The third-order valence-corrected chi connectivity index (χ3v) is 3.17. The summed E-state index contributed by atoms with van der Waals surface area (Å²) in [6, 6.07) is 8.91. The predicted octanol–water partition coefficient (Wildman–Crippen LogP) is 3.42. The quantitative estimate of drug-likeness (QED) is 0.740. The lowest BCUT2D eigenvalue weighted by Crippen LogP contribution is -2.22. The average Bonchev–Trinajstić information content (AvgIpc) is 2.41. The molecule has 1 atom stereocenters. The van der Waals surface area contributed by atoms with Gasteiger partial charge in [0.15, 0.2) is 0 Å². The maximum absolute atomic E-state index is 5.67. The van der Waals surface area contributed by atoms with Crippen LogP contribution in [0.4, 0.5) is 0 Å². The fourth-order valence-corrected chi connectivity index (χ4v) is 1.79. The maximum Gasteiger partial charge on any atom is 0.119 e. The van der Waals surface area contributed by atoms with Crippen molar-refractivity contribution in [3.8, 4) is 5.75 Å². The van der Waals surface area contributed by atoms with Gasteiger partial charge in [-0.05, 0) is 65.3 Å². The van der Waals surface area contributed by atoms with E-state index >= 15 is 0 Å². The van der Waals surface area contributed by atoms with Crippen LogP contribution in [0.5, 0.6) is 5.75 Å². The number of aryl methyl sites for hydroxylation is 1. The Balaban J connectivity index is 2.28. The molecule has 1 aromatic carbocycles. The molecule has 1 N–H and O–H groups in total. The summed E-state index contributed by atoms with van der Waals surface area (Å²) in [7, 11) is 2.00. The van der Waals surface area contributed by atoms with Crippen LogP contribution < -0.4 is 10.1 Å². The number of rotatable bonds is 8. The molecule has 0 saturated carbocycles. The molecule has 0 aromatic heterocycles. The Morgan fingerprint density at radius 1 is 1.10 bits per heavy atom. The van der Waals surface area contributed by atoms with Gasteiger partial charge in [0.25, 0.3) is 0 Å². The van der Waals surface area contributed by atoms with E-state index in [1.807, 2.05) is 40.0 Å². The fourth-order valence-electron chi connectivity index (χ4n) is 1.79. The lowest BCUT2D eigenvalue weighted by atomic mass is 10.1. The molecule has 3 heteroatoms. The summed E-state index contributed by atoms with van der Waals surface area (Å²) in [4.78, 5) is 0. The Kier molecular flexibility index (Phi) is 7.03. The predicted molar refractivity (Wildman–Crippen MR) is 84.5 cm³/mol. The van der Waals surface area contributed by atoms with E-state index in [1.54, 1.807) is 0 Å². The van der Waals surface area contributed by atoms with E-state index in [0.29, 0.717) is 19.3 Å². The highest BCUT2D eigenvalue weighted by atomic mass is 16.5. The Morgan fingerprint density at radius 2 is 1.75 bits per heavy atom. The second-order valence-corrected chi connectivity index (χ2v) is 6.18. The van der Waals surface area contributed by atoms with Crippen molar-refractivity contribution >= 4 is 0 Å². The van der Waals surface area contributed by atoms with Gasteiger partial charge in [-0.3, -0.25) is 0 Å². The number of hydrogen-bond donors (Lipinski definition) is 1. The van der Waals surface area contributed by atoms with Crippen molar-refractivity contribution in [1.82, 2.24) is 5.32 Å². The molecule has 0 radical (unpaired) electrons. The minimum atomic E-state index is -0.1000. The summed E-state index contributed by atoms with van der Waals surface area (Å²) >= 11 is 0. The second-order valence-electron chi connectivity index (χ2n) is 6.18. The van der Waals surface area contributed by atoms with Gasteiger partial charge in [-0.2, -0.15) is 0 Å². The highest BCUT2D eigenvalue weighted by molar-refractivity contribution is 5.27. The molecule has 1 aromatic rings. The summed E-state index contributed by atoms with van der Waals surface area (Å²) in [6.45, 7) is 9.56. The van der Waals surface area contributed by atoms with Crippen molar-refractivity contribution in [3.63, 3.8) is 0 Å². The fraction of sp³-hybridized carbons (Fsp3) is 0.647. The van der Waals surface area contributed by atoms with E-state index in [4.69, 9.17) is 9.47 Å². The van der Waals surface area contributed by atoms with E-state index < -0.39 is 0 Å². The molecule has 1 unspecified atom stereocenters. The summed E-state index contributed by atoms with van der Waals surface area (Å²) in [5.74, 6) is 0.910. The van der Waals surface area contributed by atoms with Crippen LogP contribution in [-0.2, 0) is 11.2 Å². The number of nitrogens with one attached hydrogen (secondary N) is 1. The first-order valence-electron chi connectivity index (χ1n) is 7.43. The molecule has 0 aliphatic rings. The highest BCUT2D eigenvalue weighted by Crippen LogP contribution is 2.14. The second kappa shape index (κ2) is 8.28. The minimum absolute atomic E-state index is 0.1000. The van der Waals surface area contributed by atoms with E-state index in [0.717, 1.165) is 18.6 Å². The van der Waals surface area contributed by atoms with Crippen LogP contribution in [-0.4, -0.2) is 31.9 Å². The van der Waals surface area contributed by atoms with Gasteiger partial charge in [0.1, 0.15) is 12.4 Å². The average molecular weight is 279 g/mol. The van der Waals surface area contributed by atoms with E-state index in [1.165, 1.54) is 5.56 Å². The number of benzene rings is 1. The van der Waals surface area contributed by atoms with Gasteiger partial charge >= 0.3 is 0 Å². The van der Waals surface area contributed by atoms with Gasteiger partial charge < -0.3 is 14.8 Å². The molecular weight excluding hydrogens is 250 g/mol. The first kappa shape index (κ1) is 17.0. The molecule has 1 rings (SSSR count). The van der Waals surface area contributed by atoms with Crippen molar-refractivity contribution in [1.29, 1.82) is 0 Å². The molecule has 0 fully saturated rings. The van der Waals surface area contributed by atoms with Crippen LogP contribution in [0.25, 0.3) is 0 Å². The molecule has 114 valence electrons. The number of ether oxygens (including phenoxy) is 2. The zero-order chi connectivity index (χ0) is 15.0. The van der Waals surface area contributed by atoms with Gasteiger partial charge in [0.05, 0.1) is 12.2 Å². The Morgan fingerprint density at radius 3 is 2.30 bits per heavy atom. The van der Waals surface area contributed by atoms with Gasteiger partial charge in [-0.25, -0.2) is 0 Å². The zero-order valence-corrected chi connectivity index (χ0v) is 13.5. The van der Waals surface area contributed by atoms with E-state index in [-0.39, 0.29) is 5.60 Å². The SMILES string of the molecule is CNC(C)CCc1ccc(OCCOC(C)(C)C)cc1. The van der Waals surface area contributed by atoms with Crippen molar-refractivity contribution in [3.05, 3.63) is 29.8 Å². The normalized spacial score (nSPS) is 13.2. The van der Waals surface area contributed by atoms with Crippen molar-refractivity contribution in [2.24, 2.45) is 0 Å². The van der Waals surface area contributed by atoms with Crippen LogP contribution in [0.1, 0.15) is 39.7 Å². The molecule has 0 saturated heterocycles. The zero-order valence-electron chi connectivity index (χ0n) is 13.5. The van der Waals surface area contributed by atoms with E-state index in [9.17, 15) is 0 Å². The highest BCUT2D eigenvalue weighted by Gasteiger charge is 2.09. The standard InChI is InChI=1S/C17H29NO2/c1-14(18-5)6-7-15-8-10-16(11-9-15)19-12-13-20-17(2,3)4/h8-11,14,18H,6-7,12-13H2,1-5H3. The number of hydrogen-bond acceptors (Lipinski definition) is 3. The van der Waals surface area contributed by atoms with Crippen LogP contribution in [0.3, 0.4) is 0 Å². The lowest BCUT2D eigenvalue weighted by Gasteiger charge is -2.19. The molecule has 0 heterocycles. The molecule has 0 bridgehead atoms. The van der Waals surface area contributed by atoms with Gasteiger partial charge in [-0.15, -0.1) is 0 Å². The maximum atomic E-state index is 5.67. The van der Waals surface area contributed by atoms with Crippen LogP contribution in [0.15, 0.2) is 24.3 Å². The smallest absolute Gasteiger partial charge is 0.119 e. The first-order chi connectivity index (χ1) is 9.40. The Labute approximate surface area is 123 Å². The summed E-state index contributed by atoms with van der Waals surface area (Å²) < 4.78 is 11.3. The minimum Gasteiger partial charge on any atom is -0.491 e. The van der Waals surface area contributed by atoms with Crippen molar-refractivity contribution in [2.45, 2.75) is 52.2 Å². The van der Waals surface area contributed by atoms with E-state index in [2.05, 4.69) is 24.4 Å². The first-order valence-corrected chi connectivity index (χ1v) is 7.43.